The quantitative estimate of drug-likeness (QED) is 0.720. The van der Waals surface area contributed by atoms with Crippen LogP contribution in [0.25, 0.3) is 0 Å². The summed E-state index contributed by atoms with van der Waals surface area (Å²) >= 11 is 0. The lowest BCUT2D eigenvalue weighted by Gasteiger charge is -2.29. The highest BCUT2D eigenvalue weighted by molar-refractivity contribution is 4.72. The van der Waals surface area contributed by atoms with Crippen LogP contribution in [0.1, 0.15) is 59.3 Å². The lowest BCUT2D eigenvalue weighted by Crippen LogP contribution is -2.30. The van der Waals surface area contributed by atoms with Gasteiger partial charge in [0.05, 0.1) is 6.10 Å². The van der Waals surface area contributed by atoms with Crippen LogP contribution in [0.3, 0.4) is 0 Å². The molecular formula is C14H29NO. The van der Waals surface area contributed by atoms with E-state index in [1.54, 1.807) is 0 Å². The SMILES string of the molecule is CCCNC(C)CCOC1CCCCC1C. The van der Waals surface area contributed by atoms with Crippen molar-refractivity contribution in [3.05, 3.63) is 0 Å². The van der Waals surface area contributed by atoms with Gasteiger partial charge in [-0.2, -0.15) is 0 Å². The molecule has 1 saturated carbocycles. The average molecular weight is 227 g/mol. The van der Waals surface area contributed by atoms with Gasteiger partial charge < -0.3 is 10.1 Å². The molecule has 0 bridgehead atoms. The van der Waals surface area contributed by atoms with E-state index in [0.717, 1.165) is 25.5 Å². The molecule has 96 valence electrons. The topological polar surface area (TPSA) is 21.3 Å². The molecule has 16 heavy (non-hydrogen) atoms. The number of nitrogens with one attached hydrogen (secondary N) is 1. The monoisotopic (exact) mass is 227 g/mol. The van der Waals surface area contributed by atoms with Crippen molar-refractivity contribution >= 4 is 0 Å². The molecule has 0 amide bonds. The van der Waals surface area contributed by atoms with Crippen LogP contribution in [0.5, 0.6) is 0 Å². The molecule has 3 atom stereocenters. The summed E-state index contributed by atoms with van der Waals surface area (Å²) in [6, 6.07) is 0.596. The number of hydrogen-bond acceptors (Lipinski definition) is 2. The van der Waals surface area contributed by atoms with Crippen LogP contribution >= 0.6 is 0 Å². The highest BCUT2D eigenvalue weighted by atomic mass is 16.5. The second-order valence-electron chi connectivity index (χ2n) is 5.31. The first-order valence-corrected chi connectivity index (χ1v) is 7.09. The number of hydrogen-bond donors (Lipinski definition) is 1. The van der Waals surface area contributed by atoms with Crippen molar-refractivity contribution < 1.29 is 4.74 Å². The minimum Gasteiger partial charge on any atom is -0.378 e. The van der Waals surface area contributed by atoms with Gasteiger partial charge in [0.25, 0.3) is 0 Å². The van der Waals surface area contributed by atoms with Crippen LogP contribution in [0.15, 0.2) is 0 Å². The van der Waals surface area contributed by atoms with E-state index in [-0.39, 0.29) is 0 Å². The summed E-state index contributed by atoms with van der Waals surface area (Å²) in [5, 5.41) is 3.50. The Balaban J connectivity index is 2.05. The second kappa shape index (κ2) is 8.08. The Morgan fingerprint density at radius 1 is 1.31 bits per heavy atom. The van der Waals surface area contributed by atoms with Crippen LogP contribution in [0.2, 0.25) is 0 Å². The Morgan fingerprint density at radius 3 is 2.75 bits per heavy atom. The molecule has 0 spiro atoms. The minimum absolute atomic E-state index is 0.534. The summed E-state index contributed by atoms with van der Waals surface area (Å²) in [4.78, 5) is 0. The first-order chi connectivity index (χ1) is 7.74. The highest BCUT2D eigenvalue weighted by Gasteiger charge is 2.21. The maximum absolute atomic E-state index is 6.01. The van der Waals surface area contributed by atoms with Gasteiger partial charge in [0.1, 0.15) is 0 Å². The van der Waals surface area contributed by atoms with Gasteiger partial charge in [-0.3, -0.25) is 0 Å². The lowest BCUT2D eigenvalue weighted by atomic mass is 9.88. The van der Waals surface area contributed by atoms with E-state index in [1.165, 1.54) is 32.1 Å². The lowest BCUT2D eigenvalue weighted by molar-refractivity contribution is -0.00814. The van der Waals surface area contributed by atoms with Crippen molar-refractivity contribution in [2.75, 3.05) is 13.2 Å². The highest BCUT2D eigenvalue weighted by Crippen LogP contribution is 2.26. The van der Waals surface area contributed by atoms with Crippen molar-refractivity contribution in [2.45, 2.75) is 71.4 Å². The second-order valence-corrected chi connectivity index (χ2v) is 5.31. The molecule has 2 nitrogen and oxygen atoms in total. The summed E-state index contributed by atoms with van der Waals surface area (Å²) < 4.78 is 6.01. The molecular weight excluding hydrogens is 198 g/mol. The standard InChI is InChI=1S/C14H29NO/c1-4-10-15-13(3)9-11-16-14-8-6-5-7-12(14)2/h12-15H,4-11H2,1-3H3. The molecule has 3 unspecified atom stereocenters. The van der Waals surface area contributed by atoms with E-state index in [0.29, 0.717) is 12.1 Å². The Labute approximate surface area is 101 Å². The largest absolute Gasteiger partial charge is 0.378 e. The first kappa shape index (κ1) is 14.0. The van der Waals surface area contributed by atoms with E-state index in [9.17, 15) is 0 Å². The van der Waals surface area contributed by atoms with Crippen molar-refractivity contribution in [1.82, 2.24) is 5.32 Å². The molecule has 0 aromatic carbocycles. The van der Waals surface area contributed by atoms with Crippen LogP contribution < -0.4 is 5.32 Å². The van der Waals surface area contributed by atoms with Crippen LogP contribution in [-0.2, 0) is 4.74 Å². The molecule has 2 heteroatoms. The Kier molecular flexibility index (Phi) is 7.06. The van der Waals surface area contributed by atoms with E-state index >= 15 is 0 Å². The number of ether oxygens (including phenoxy) is 1. The van der Waals surface area contributed by atoms with Crippen molar-refractivity contribution in [2.24, 2.45) is 5.92 Å². The van der Waals surface area contributed by atoms with Gasteiger partial charge in [-0.25, -0.2) is 0 Å². The summed E-state index contributed by atoms with van der Waals surface area (Å²) in [5.41, 5.74) is 0. The number of rotatable bonds is 7. The van der Waals surface area contributed by atoms with Crippen molar-refractivity contribution in [1.29, 1.82) is 0 Å². The van der Waals surface area contributed by atoms with E-state index < -0.39 is 0 Å². The Hall–Kier alpha value is -0.0800. The summed E-state index contributed by atoms with van der Waals surface area (Å²) in [6.45, 7) is 8.85. The molecule has 1 fully saturated rings. The van der Waals surface area contributed by atoms with Gasteiger partial charge in [0.2, 0.25) is 0 Å². The van der Waals surface area contributed by atoms with Gasteiger partial charge in [-0.1, -0.05) is 26.7 Å². The fourth-order valence-electron chi connectivity index (χ4n) is 2.42. The van der Waals surface area contributed by atoms with Crippen molar-refractivity contribution in [3.63, 3.8) is 0 Å². The smallest absolute Gasteiger partial charge is 0.0600 e. The molecule has 0 heterocycles. The zero-order valence-electron chi connectivity index (χ0n) is 11.3. The van der Waals surface area contributed by atoms with Gasteiger partial charge in [-0.05, 0) is 45.1 Å². The first-order valence-electron chi connectivity index (χ1n) is 7.09. The molecule has 1 N–H and O–H groups in total. The van der Waals surface area contributed by atoms with E-state index in [4.69, 9.17) is 4.74 Å². The van der Waals surface area contributed by atoms with Crippen LogP contribution in [-0.4, -0.2) is 25.3 Å². The van der Waals surface area contributed by atoms with Gasteiger partial charge in [-0.15, -0.1) is 0 Å². The molecule has 0 saturated heterocycles. The zero-order valence-corrected chi connectivity index (χ0v) is 11.3. The summed E-state index contributed by atoms with van der Waals surface area (Å²) in [5.74, 6) is 0.771. The summed E-state index contributed by atoms with van der Waals surface area (Å²) in [6.07, 6.45) is 8.28. The average Bonchev–Trinajstić information content (AvgIpc) is 2.29. The molecule has 0 aromatic rings. The van der Waals surface area contributed by atoms with E-state index in [1.807, 2.05) is 0 Å². The molecule has 1 aliphatic carbocycles. The third-order valence-corrected chi connectivity index (χ3v) is 3.66. The predicted molar refractivity (Wildman–Crippen MR) is 69.7 cm³/mol. The maximum Gasteiger partial charge on any atom is 0.0600 e. The molecule has 0 radical (unpaired) electrons. The van der Waals surface area contributed by atoms with E-state index in [2.05, 4.69) is 26.1 Å². The van der Waals surface area contributed by atoms with Crippen LogP contribution in [0.4, 0.5) is 0 Å². The predicted octanol–water partition coefficient (Wildman–Crippen LogP) is 3.36. The van der Waals surface area contributed by atoms with Crippen molar-refractivity contribution in [3.8, 4) is 0 Å². The van der Waals surface area contributed by atoms with Gasteiger partial charge in [0.15, 0.2) is 0 Å². The van der Waals surface area contributed by atoms with Gasteiger partial charge in [0, 0.05) is 12.6 Å². The minimum atomic E-state index is 0.534. The summed E-state index contributed by atoms with van der Waals surface area (Å²) in [7, 11) is 0. The molecule has 0 aliphatic heterocycles. The third kappa shape index (κ3) is 5.31. The molecule has 0 aromatic heterocycles. The molecule has 1 rings (SSSR count). The maximum atomic E-state index is 6.01. The normalized spacial score (nSPS) is 27.9. The Bertz CT molecular complexity index is 172. The molecule has 1 aliphatic rings. The Morgan fingerprint density at radius 2 is 2.06 bits per heavy atom. The third-order valence-electron chi connectivity index (χ3n) is 3.66. The fourth-order valence-corrected chi connectivity index (χ4v) is 2.42. The van der Waals surface area contributed by atoms with Crippen LogP contribution in [0, 0.1) is 5.92 Å². The zero-order chi connectivity index (χ0) is 11.8. The van der Waals surface area contributed by atoms with Gasteiger partial charge >= 0.3 is 0 Å². The fraction of sp³-hybridized carbons (Fsp3) is 1.00.